The Labute approximate surface area is 162 Å². The summed E-state index contributed by atoms with van der Waals surface area (Å²) in [5.41, 5.74) is 1.33. The Morgan fingerprint density at radius 2 is 1.96 bits per heavy atom. The van der Waals surface area contributed by atoms with Crippen molar-refractivity contribution in [3.05, 3.63) is 42.5 Å². The second-order valence-corrected chi connectivity index (χ2v) is 6.44. The molecule has 1 aliphatic carbocycles. The van der Waals surface area contributed by atoms with Gasteiger partial charge in [-0.2, -0.15) is 0 Å². The lowest BCUT2D eigenvalue weighted by Crippen LogP contribution is -2.42. The van der Waals surface area contributed by atoms with E-state index in [2.05, 4.69) is 64.9 Å². The minimum Gasteiger partial charge on any atom is -0.371 e. The molecule has 3 rings (SSSR count). The number of aliphatic imine (C=N–C) groups is 1. The fraction of sp³-hybridized carbons (Fsp3) is 0.526. The molecule has 0 radical (unpaired) electrons. The van der Waals surface area contributed by atoms with Gasteiger partial charge in [-0.3, -0.25) is 4.99 Å². The van der Waals surface area contributed by atoms with Crippen LogP contribution in [0, 0.1) is 5.92 Å². The molecule has 2 N–H and O–H groups in total. The molecule has 1 aliphatic heterocycles. The zero-order valence-corrected chi connectivity index (χ0v) is 16.8. The normalized spacial score (nSPS) is 21.0. The van der Waals surface area contributed by atoms with E-state index in [1.807, 2.05) is 0 Å². The first-order chi connectivity index (χ1) is 11.3. The van der Waals surface area contributed by atoms with Crippen LogP contribution in [0.15, 0.2) is 47.5 Å². The van der Waals surface area contributed by atoms with E-state index < -0.39 is 0 Å². The predicted octanol–water partition coefficient (Wildman–Crippen LogP) is 3.40. The predicted molar refractivity (Wildman–Crippen MR) is 113 cm³/mol. The van der Waals surface area contributed by atoms with Gasteiger partial charge in [0.15, 0.2) is 5.96 Å². The van der Waals surface area contributed by atoms with Crippen LogP contribution >= 0.6 is 24.0 Å². The van der Waals surface area contributed by atoms with E-state index >= 15 is 0 Å². The SMILES string of the molecule is CCNC(=NCC1CCN(c2ccccc2)C1)NC1CC=CC1.I. The molecule has 4 nitrogen and oxygen atoms in total. The molecule has 2 aliphatic rings. The largest absolute Gasteiger partial charge is 0.371 e. The van der Waals surface area contributed by atoms with Gasteiger partial charge in [0.25, 0.3) is 0 Å². The van der Waals surface area contributed by atoms with Crippen LogP contribution in [0.25, 0.3) is 0 Å². The minimum atomic E-state index is 0. The standard InChI is InChI=1S/C19H28N4.HI/c1-2-20-19(22-17-8-6-7-9-17)21-14-16-12-13-23(15-16)18-10-4-3-5-11-18;/h3-7,10-11,16-17H,2,8-9,12-15H2,1H3,(H2,20,21,22);1H. The molecule has 24 heavy (non-hydrogen) atoms. The Bertz CT molecular complexity index is 536. The molecule has 132 valence electrons. The number of rotatable bonds is 5. The third kappa shape index (κ3) is 5.40. The number of anilines is 1. The summed E-state index contributed by atoms with van der Waals surface area (Å²) in [6, 6.07) is 11.2. The first-order valence-electron chi connectivity index (χ1n) is 8.85. The van der Waals surface area contributed by atoms with E-state index in [0.29, 0.717) is 12.0 Å². The number of hydrogen-bond acceptors (Lipinski definition) is 2. The zero-order chi connectivity index (χ0) is 15.9. The molecule has 1 fully saturated rings. The van der Waals surface area contributed by atoms with Crippen LogP contribution in [0.4, 0.5) is 5.69 Å². The Balaban J connectivity index is 0.00000208. The van der Waals surface area contributed by atoms with Crippen molar-refractivity contribution in [1.29, 1.82) is 0 Å². The average molecular weight is 440 g/mol. The van der Waals surface area contributed by atoms with Gasteiger partial charge in [0, 0.05) is 37.9 Å². The van der Waals surface area contributed by atoms with Gasteiger partial charge in [-0.15, -0.1) is 24.0 Å². The van der Waals surface area contributed by atoms with Gasteiger partial charge < -0.3 is 15.5 Å². The van der Waals surface area contributed by atoms with Crippen LogP contribution < -0.4 is 15.5 Å². The number of halogens is 1. The molecule has 0 saturated carbocycles. The smallest absolute Gasteiger partial charge is 0.191 e. The summed E-state index contributed by atoms with van der Waals surface area (Å²) in [5.74, 6) is 1.62. The molecular formula is C19H29IN4. The lowest BCUT2D eigenvalue weighted by molar-refractivity contribution is 0.589. The summed E-state index contributed by atoms with van der Waals surface area (Å²) in [5, 5.41) is 6.92. The van der Waals surface area contributed by atoms with E-state index in [0.717, 1.165) is 45.0 Å². The fourth-order valence-corrected chi connectivity index (χ4v) is 3.32. The molecule has 1 aromatic rings. The highest BCUT2D eigenvalue weighted by molar-refractivity contribution is 14.0. The summed E-state index contributed by atoms with van der Waals surface area (Å²) in [7, 11) is 0. The van der Waals surface area contributed by atoms with Crippen LogP contribution in [0.1, 0.15) is 26.2 Å². The molecule has 1 heterocycles. The van der Waals surface area contributed by atoms with Gasteiger partial charge in [-0.25, -0.2) is 0 Å². The molecule has 0 aromatic heterocycles. The Morgan fingerprint density at radius 3 is 2.67 bits per heavy atom. The fourth-order valence-electron chi connectivity index (χ4n) is 3.32. The maximum atomic E-state index is 4.83. The quantitative estimate of drug-likeness (QED) is 0.319. The van der Waals surface area contributed by atoms with Crippen molar-refractivity contribution < 1.29 is 0 Å². The molecule has 0 amide bonds. The van der Waals surface area contributed by atoms with Crippen LogP contribution in [0.3, 0.4) is 0 Å². The van der Waals surface area contributed by atoms with Crippen molar-refractivity contribution in [3.63, 3.8) is 0 Å². The highest BCUT2D eigenvalue weighted by atomic mass is 127. The van der Waals surface area contributed by atoms with Gasteiger partial charge >= 0.3 is 0 Å². The average Bonchev–Trinajstić information content (AvgIpc) is 3.25. The second-order valence-electron chi connectivity index (χ2n) is 6.44. The van der Waals surface area contributed by atoms with Gasteiger partial charge in [-0.1, -0.05) is 30.4 Å². The second kappa shape index (κ2) is 9.91. The Hall–Kier alpha value is -1.24. The topological polar surface area (TPSA) is 39.7 Å². The number of nitrogens with one attached hydrogen (secondary N) is 2. The van der Waals surface area contributed by atoms with E-state index in [4.69, 9.17) is 4.99 Å². The first-order valence-corrected chi connectivity index (χ1v) is 8.85. The van der Waals surface area contributed by atoms with Crippen LogP contribution in [0.5, 0.6) is 0 Å². The first kappa shape index (κ1) is 19.1. The van der Waals surface area contributed by atoms with E-state index in [-0.39, 0.29) is 24.0 Å². The lowest BCUT2D eigenvalue weighted by Gasteiger charge is -2.19. The van der Waals surface area contributed by atoms with E-state index in [1.54, 1.807) is 0 Å². The molecule has 1 saturated heterocycles. The third-order valence-corrected chi connectivity index (χ3v) is 4.61. The van der Waals surface area contributed by atoms with E-state index in [9.17, 15) is 0 Å². The van der Waals surface area contributed by atoms with Crippen LogP contribution in [0.2, 0.25) is 0 Å². The van der Waals surface area contributed by atoms with Gasteiger partial charge in [0.1, 0.15) is 0 Å². The van der Waals surface area contributed by atoms with Crippen LogP contribution in [-0.4, -0.2) is 38.2 Å². The number of hydrogen-bond donors (Lipinski definition) is 2. The molecule has 0 bridgehead atoms. The highest BCUT2D eigenvalue weighted by Gasteiger charge is 2.22. The number of benzene rings is 1. The van der Waals surface area contributed by atoms with E-state index in [1.165, 1.54) is 12.1 Å². The number of guanidine groups is 1. The van der Waals surface area contributed by atoms with Gasteiger partial charge in [-0.05, 0) is 44.2 Å². The summed E-state index contributed by atoms with van der Waals surface area (Å²) in [6.07, 6.45) is 7.93. The van der Waals surface area contributed by atoms with Gasteiger partial charge in [0.2, 0.25) is 0 Å². The monoisotopic (exact) mass is 440 g/mol. The molecule has 1 unspecified atom stereocenters. The Morgan fingerprint density at radius 1 is 1.21 bits per heavy atom. The van der Waals surface area contributed by atoms with Crippen molar-refractivity contribution in [2.45, 2.75) is 32.2 Å². The van der Waals surface area contributed by atoms with Crippen molar-refractivity contribution >= 4 is 35.6 Å². The summed E-state index contributed by atoms with van der Waals surface area (Å²) >= 11 is 0. The summed E-state index contributed by atoms with van der Waals surface area (Å²) < 4.78 is 0. The number of nitrogens with zero attached hydrogens (tertiary/aromatic N) is 2. The molecule has 1 aromatic carbocycles. The zero-order valence-electron chi connectivity index (χ0n) is 14.4. The van der Waals surface area contributed by atoms with Crippen molar-refractivity contribution in [2.75, 3.05) is 31.1 Å². The number of para-hydroxylation sites is 1. The highest BCUT2D eigenvalue weighted by Crippen LogP contribution is 2.23. The minimum absolute atomic E-state index is 0. The molecule has 0 spiro atoms. The third-order valence-electron chi connectivity index (χ3n) is 4.61. The summed E-state index contributed by atoms with van der Waals surface area (Å²) in [4.78, 5) is 7.30. The Kier molecular flexibility index (Phi) is 7.88. The lowest BCUT2D eigenvalue weighted by atomic mass is 10.1. The van der Waals surface area contributed by atoms with Crippen molar-refractivity contribution in [2.24, 2.45) is 10.9 Å². The van der Waals surface area contributed by atoms with Gasteiger partial charge in [0.05, 0.1) is 0 Å². The van der Waals surface area contributed by atoms with Crippen molar-refractivity contribution in [3.8, 4) is 0 Å². The maximum absolute atomic E-state index is 4.83. The maximum Gasteiger partial charge on any atom is 0.191 e. The van der Waals surface area contributed by atoms with Crippen LogP contribution in [-0.2, 0) is 0 Å². The molecular weight excluding hydrogens is 411 g/mol. The molecule has 1 atom stereocenters. The summed E-state index contributed by atoms with van der Waals surface area (Å²) in [6.45, 7) is 6.18. The van der Waals surface area contributed by atoms with Crippen molar-refractivity contribution in [1.82, 2.24) is 10.6 Å². The molecule has 5 heteroatoms.